The Morgan fingerprint density at radius 3 is 1.48 bits per heavy atom. The Morgan fingerprint density at radius 1 is 0.619 bits per heavy atom. The van der Waals surface area contributed by atoms with Crippen LogP contribution < -0.4 is 0 Å². The predicted molar refractivity (Wildman–Crippen MR) is 103 cm³/mol. The van der Waals surface area contributed by atoms with Crippen LogP contribution in [0.25, 0.3) is 0 Å². The molecule has 21 heavy (non-hydrogen) atoms. The number of rotatable bonds is 16. The van der Waals surface area contributed by atoms with Gasteiger partial charge in [-0.1, -0.05) is 91.9 Å². The van der Waals surface area contributed by atoms with E-state index in [9.17, 15) is 0 Å². The average molecular weight is 331 g/mol. The van der Waals surface area contributed by atoms with Crippen molar-refractivity contribution in [2.45, 2.75) is 116 Å². The molecule has 0 aliphatic rings. The van der Waals surface area contributed by atoms with E-state index in [1.54, 1.807) is 0 Å². The number of unbranched alkanes of at least 4 members (excludes halogenated alkanes) is 9. The summed E-state index contributed by atoms with van der Waals surface area (Å²) in [5, 5.41) is 0. The molecule has 0 rings (SSSR count). The smallest absolute Gasteiger partial charge is 0.178 e. The van der Waals surface area contributed by atoms with Gasteiger partial charge in [0.1, 0.15) is 9.76 Å². The minimum Gasteiger partial charge on any atom is -0.460 e. The van der Waals surface area contributed by atoms with E-state index in [2.05, 4.69) is 27.7 Å². The molecule has 0 bridgehead atoms. The second kappa shape index (κ2) is 15.3. The second-order valence-electron chi connectivity index (χ2n) is 6.63. The third kappa shape index (κ3) is 11.6. The first kappa shape index (κ1) is 21.4. The topological polar surface area (TPSA) is 9.23 Å². The Balaban J connectivity index is 3.29. The van der Waals surface area contributed by atoms with Crippen LogP contribution in [0.1, 0.15) is 91.9 Å². The second-order valence-corrected chi connectivity index (χ2v) is 13.4. The van der Waals surface area contributed by atoms with E-state index in [0.29, 0.717) is 0 Å². The third-order valence-corrected chi connectivity index (χ3v) is 13.0. The summed E-state index contributed by atoms with van der Waals surface area (Å²) < 4.78 is 6.44. The Hall–Kier alpha value is 0.394. The molecule has 0 aromatic rings. The molecule has 1 nitrogen and oxygen atoms in total. The van der Waals surface area contributed by atoms with Gasteiger partial charge in [-0.3, -0.25) is 0 Å². The van der Waals surface area contributed by atoms with Crippen molar-refractivity contribution < 1.29 is 4.12 Å². The average Bonchev–Trinajstić information content (AvgIpc) is 2.53. The van der Waals surface area contributed by atoms with Crippen LogP contribution >= 0.6 is 0 Å². The summed E-state index contributed by atoms with van der Waals surface area (Å²) in [7, 11) is -1.47. The van der Waals surface area contributed by atoms with E-state index in [4.69, 9.17) is 4.12 Å². The van der Waals surface area contributed by atoms with E-state index in [-0.39, 0.29) is 9.76 Å². The molecule has 0 atom stereocenters. The van der Waals surface area contributed by atoms with Gasteiger partial charge >= 0.3 is 0 Å². The first-order chi connectivity index (χ1) is 10.2. The van der Waals surface area contributed by atoms with Crippen molar-refractivity contribution in [2.75, 3.05) is 0 Å². The maximum Gasteiger partial charge on any atom is 0.178 e. The van der Waals surface area contributed by atoms with Gasteiger partial charge in [0.2, 0.25) is 0 Å². The fraction of sp³-hybridized carbons (Fsp3) is 1.00. The van der Waals surface area contributed by atoms with Crippen molar-refractivity contribution in [1.29, 1.82) is 0 Å². The monoisotopic (exact) mass is 330 g/mol. The number of hydrogen-bond donors (Lipinski definition) is 0. The highest BCUT2D eigenvalue weighted by Crippen LogP contribution is 2.21. The molecule has 0 heterocycles. The summed E-state index contributed by atoms with van der Waals surface area (Å²) >= 11 is 0. The maximum atomic E-state index is 6.44. The molecular formula is C18H42OSi2. The highest BCUT2D eigenvalue weighted by molar-refractivity contribution is 6.77. The van der Waals surface area contributed by atoms with Crippen LogP contribution in [0.4, 0.5) is 0 Å². The molecule has 0 aromatic carbocycles. The number of hydrogen-bond acceptors (Lipinski definition) is 1. The lowest BCUT2D eigenvalue weighted by molar-refractivity contribution is 0.546. The molecule has 3 heteroatoms. The van der Waals surface area contributed by atoms with Gasteiger partial charge in [-0.05, 0) is 24.2 Å². The van der Waals surface area contributed by atoms with Gasteiger partial charge in [0.25, 0.3) is 0 Å². The SMILES string of the molecule is CCCCCCCCCCCC[SiH2]O[Si](CC)(CC)CC. The van der Waals surface area contributed by atoms with Crippen molar-refractivity contribution >= 4 is 18.1 Å². The molecular weight excluding hydrogens is 288 g/mol. The van der Waals surface area contributed by atoms with Crippen molar-refractivity contribution in [3.8, 4) is 0 Å². The van der Waals surface area contributed by atoms with E-state index in [1.807, 2.05) is 0 Å². The van der Waals surface area contributed by atoms with Crippen LogP contribution in [0.5, 0.6) is 0 Å². The minimum atomic E-state index is -1.25. The summed E-state index contributed by atoms with van der Waals surface area (Å²) in [4.78, 5) is 0. The normalized spacial score (nSPS) is 12.6. The zero-order valence-corrected chi connectivity index (χ0v) is 17.9. The van der Waals surface area contributed by atoms with Gasteiger partial charge in [0.05, 0.1) is 0 Å². The third-order valence-electron chi connectivity index (χ3n) is 5.09. The fourth-order valence-electron chi connectivity index (χ4n) is 3.11. The van der Waals surface area contributed by atoms with Crippen LogP contribution in [-0.2, 0) is 4.12 Å². The summed E-state index contributed by atoms with van der Waals surface area (Å²) in [6.07, 6.45) is 14.5. The van der Waals surface area contributed by atoms with Crippen LogP contribution in [0.2, 0.25) is 24.2 Å². The lowest BCUT2D eigenvalue weighted by atomic mass is 10.1. The van der Waals surface area contributed by atoms with Gasteiger partial charge in [-0.2, -0.15) is 0 Å². The summed E-state index contributed by atoms with van der Waals surface area (Å²) in [6.45, 7) is 9.32. The van der Waals surface area contributed by atoms with Crippen LogP contribution in [0.15, 0.2) is 0 Å². The lowest BCUT2D eigenvalue weighted by Gasteiger charge is -2.28. The quantitative estimate of drug-likeness (QED) is 0.234. The van der Waals surface area contributed by atoms with Gasteiger partial charge < -0.3 is 4.12 Å². The summed E-state index contributed by atoms with van der Waals surface area (Å²) in [5.41, 5.74) is 0. The molecule has 0 fully saturated rings. The molecule has 0 aromatic heterocycles. The van der Waals surface area contributed by atoms with Crippen molar-refractivity contribution in [2.24, 2.45) is 0 Å². The first-order valence-electron chi connectivity index (χ1n) is 9.88. The molecule has 0 radical (unpaired) electrons. The summed E-state index contributed by atoms with van der Waals surface area (Å²) in [6, 6.07) is 5.40. The molecule has 0 N–H and O–H groups in total. The molecule has 0 aliphatic carbocycles. The zero-order chi connectivity index (χ0) is 15.8. The predicted octanol–water partition coefficient (Wildman–Crippen LogP) is 6.43. The summed E-state index contributed by atoms with van der Waals surface area (Å²) in [5.74, 6) is 0. The van der Waals surface area contributed by atoms with E-state index < -0.39 is 8.32 Å². The molecule has 0 spiro atoms. The van der Waals surface area contributed by atoms with Gasteiger partial charge in [-0.15, -0.1) is 0 Å². The highest BCUT2D eigenvalue weighted by Gasteiger charge is 2.27. The Bertz CT molecular complexity index is 197. The maximum absolute atomic E-state index is 6.44. The van der Waals surface area contributed by atoms with Gasteiger partial charge in [0, 0.05) is 0 Å². The largest absolute Gasteiger partial charge is 0.460 e. The van der Waals surface area contributed by atoms with Crippen molar-refractivity contribution in [3.05, 3.63) is 0 Å². The molecule has 0 aliphatic heterocycles. The zero-order valence-electron chi connectivity index (χ0n) is 15.5. The van der Waals surface area contributed by atoms with Crippen molar-refractivity contribution in [3.63, 3.8) is 0 Å². The van der Waals surface area contributed by atoms with Crippen LogP contribution in [0, 0.1) is 0 Å². The minimum absolute atomic E-state index is 0.218. The van der Waals surface area contributed by atoms with Crippen LogP contribution in [0.3, 0.4) is 0 Å². The van der Waals surface area contributed by atoms with E-state index in [1.165, 1.54) is 88.4 Å². The molecule has 0 amide bonds. The van der Waals surface area contributed by atoms with E-state index >= 15 is 0 Å². The Kier molecular flexibility index (Phi) is 15.6. The van der Waals surface area contributed by atoms with E-state index in [0.717, 1.165) is 0 Å². The lowest BCUT2D eigenvalue weighted by Crippen LogP contribution is -2.37. The molecule has 0 unspecified atom stereocenters. The molecule has 128 valence electrons. The standard InChI is InChI=1S/C18H42OSi2/c1-5-9-10-11-12-13-14-15-16-17-18-20-19-21(6-2,7-3)8-4/h5-18,20H2,1-4H3. The van der Waals surface area contributed by atoms with Crippen molar-refractivity contribution in [1.82, 2.24) is 0 Å². The molecule has 0 saturated heterocycles. The fourth-order valence-corrected chi connectivity index (χ4v) is 9.93. The highest BCUT2D eigenvalue weighted by atomic mass is 28.4. The Morgan fingerprint density at radius 2 is 1.05 bits per heavy atom. The van der Waals surface area contributed by atoms with Crippen LogP contribution in [-0.4, -0.2) is 18.1 Å². The Labute approximate surface area is 138 Å². The molecule has 0 saturated carbocycles. The van der Waals surface area contributed by atoms with Gasteiger partial charge in [0.15, 0.2) is 8.32 Å². The van der Waals surface area contributed by atoms with Gasteiger partial charge in [-0.25, -0.2) is 0 Å². The first-order valence-corrected chi connectivity index (χ1v) is 14.0.